The number of hydrogen-bond donors (Lipinski definition) is 0. The third-order valence-electron chi connectivity index (χ3n) is 4.60. The Kier molecular flexibility index (Phi) is 2.88. The Hall–Kier alpha value is -0.0400. The van der Waals surface area contributed by atoms with Gasteiger partial charge >= 0.3 is 0 Å². The van der Waals surface area contributed by atoms with E-state index in [4.69, 9.17) is 0 Å². The molecule has 0 aromatic rings. The molecule has 2 fully saturated rings. The molecule has 2 rings (SSSR count). The molecule has 1 nitrogen and oxygen atoms in total. The zero-order chi connectivity index (χ0) is 10.2. The second-order valence-corrected chi connectivity index (χ2v) is 5.88. The highest BCUT2D eigenvalue weighted by Crippen LogP contribution is 2.46. The van der Waals surface area contributed by atoms with Crippen molar-refractivity contribution < 1.29 is 0 Å². The first kappa shape index (κ1) is 10.5. The molecule has 0 bridgehead atoms. The summed E-state index contributed by atoms with van der Waals surface area (Å²) in [4.78, 5) is 2.59. The van der Waals surface area contributed by atoms with Crippen molar-refractivity contribution in [3.05, 3.63) is 0 Å². The lowest BCUT2D eigenvalue weighted by molar-refractivity contribution is -0.0389. The maximum Gasteiger partial charge on any atom is 0.00504 e. The molecule has 0 atom stereocenters. The van der Waals surface area contributed by atoms with Gasteiger partial charge in [0.05, 0.1) is 0 Å². The molecule has 1 saturated heterocycles. The van der Waals surface area contributed by atoms with Crippen LogP contribution in [0.2, 0.25) is 0 Å². The quantitative estimate of drug-likeness (QED) is 0.654. The van der Waals surface area contributed by atoms with Gasteiger partial charge in [0.15, 0.2) is 0 Å². The standard InChI is InChI=1S/C13H25N/c1-4-14-9-13(10-14)7-5-12(6-8-13)11(2)3/h11-12H,4-10H2,1-3H3. The van der Waals surface area contributed by atoms with E-state index in [0.29, 0.717) is 0 Å². The minimum Gasteiger partial charge on any atom is -0.302 e. The predicted octanol–water partition coefficient (Wildman–Crippen LogP) is 3.15. The van der Waals surface area contributed by atoms with Gasteiger partial charge in [0.25, 0.3) is 0 Å². The molecule has 14 heavy (non-hydrogen) atoms. The minimum atomic E-state index is 0.765. The largest absolute Gasteiger partial charge is 0.302 e. The molecule has 2 aliphatic rings. The second kappa shape index (κ2) is 3.84. The molecular formula is C13H25N. The van der Waals surface area contributed by atoms with Crippen LogP contribution in [0.3, 0.4) is 0 Å². The molecule has 0 amide bonds. The SMILES string of the molecule is CCN1CC2(CCC(C(C)C)CC2)C1. The highest BCUT2D eigenvalue weighted by molar-refractivity contribution is 4.97. The van der Waals surface area contributed by atoms with Crippen molar-refractivity contribution in [3.8, 4) is 0 Å². The molecular weight excluding hydrogens is 170 g/mol. The lowest BCUT2D eigenvalue weighted by Crippen LogP contribution is -2.57. The monoisotopic (exact) mass is 195 g/mol. The van der Waals surface area contributed by atoms with E-state index in [-0.39, 0.29) is 0 Å². The number of likely N-dealkylation sites (tertiary alicyclic amines) is 1. The summed E-state index contributed by atoms with van der Waals surface area (Å²) < 4.78 is 0. The van der Waals surface area contributed by atoms with Crippen LogP contribution in [0, 0.1) is 17.3 Å². The summed E-state index contributed by atoms with van der Waals surface area (Å²) in [5.41, 5.74) is 0.765. The smallest absolute Gasteiger partial charge is 0.00504 e. The van der Waals surface area contributed by atoms with Crippen LogP contribution in [-0.2, 0) is 0 Å². The summed E-state index contributed by atoms with van der Waals surface area (Å²) in [6.45, 7) is 11.1. The molecule has 1 aliphatic carbocycles. The fourth-order valence-corrected chi connectivity index (χ4v) is 3.36. The Morgan fingerprint density at radius 3 is 2.21 bits per heavy atom. The van der Waals surface area contributed by atoms with Crippen LogP contribution < -0.4 is 0 Å². The van der Waals surface area contributed by atoms with Crippen LogP contribution in [0.4, 0.5) is 0 Å². The maximum absolute atomic E-state index is 2.59. The van der Waals surface area contributed by atoms with Gasteiger partial charge in [-0.15, -0.1) is 0 Å². The van der Waals surface area contributed by atoms with E-state index in [1.54, 1.807) is 0 Å². The molecule has 1 heteroatoms. The van der Waals surface area contributed by atoms with E-state index in [2.05, 4.69) is 25.7 Å². The van der Waals surface area contributed by atoms with Crippen LogP contribution in [-0.4, -0.2) is 24.5 Å². The van der Waals surface area contributed by atoms with Gasteiger partial charge in [-0.2, -0.15) is 0 Å². The van der Waals surface area contributed by atoms with Crippen LogP contribution in [0.1, 0.15) is 46.5 Å². The Bertz CT molecular complexity index is 181. The average molecular weight is 195 g/mol. The van der Waals surface area contributed by atoms with Crippen molar-refractivity contribution in [3.63, 3.8) is 0 Å². The highest BCUT2D eigenvalue weighted by atomic mass is 15.2. The normalized spacial score (nSPS) is 28.3. The van der Waals surface area contributed by atoms with Gasteiger partial charge in [0, 0.05) is 13.1 Å². The summed E-state index contributed by atoms with van der Waals surface area (Å²) in [7, 11) is 0. The van der Waals surface area contributed by atoms with Crippen molar-refractivity contribution in [2.75, 3.05) is 19.6 Å². The number of rotatable bonds is 2. The van der Waals surface area contributed by atoms with Gasteiger partial charge < -0.3 is 4.90 Å². The van der Waals surface area contributed by atoms with E-state index < -0.39 is 0 Å². The van der Waals surface area contributed by atoms with Gasteiger partial charge in [-0.1, -0.05) is 20.8 Å². The summed E-state index contributed by atoms with van der Waals surface area (Å²) in [6.07, 6.45) is 6.00. The van der Waals surface area contributed by atoms with E-state index in [1.807, 2.05) is 0 Å². The Morgan fingerprint density at radius 1 is 1.21 bits per heavy atom. The van der Waals surface area contributed by atoms with Gasteiger partial charge in [-0.25, -0.2) is 0 Å². The van der Waals surface area contributed by atoms with Crippen molar-refractivity contribution in [2.24, 2.45) is 17.3 Å². The van der Waals surface area contributed by atoms with Gasteiger partial charge in [-0.3, -0.25) is 0 Å². The first-order valence-corrected chi connectivity index (χ1v) is 6.37. The molecule has 1 aliphatic heterocycles. The number of nitrogens with zero attached hydrogens (tertiary/aromatic N) is 1. The third-order valence-corrected chi connectivity index (χ3v) is 4.60. The molecule has 1 heterocycles. The van der Waals surface area contributed by atoms with E-state index >= 15 is 0 Å². The van der Waals surface area contributed by atoms with Crippen LogP contribution in [0.15, 0.2) is 0 Å². The zero-order valence-corrected chi connectivity index (χ0v) is 10.1. The van der Waals surface area contributed by atoms with Gasteiger partial charge in [-0.05, 0) is 49.5 Å². The third kappa shape index (κ3) is 1.84. The molecule has 82 valence electrons. The number of hydrogen-bond acceptors (Lipinski definition) is 1. The van der Waals surface area contributed by atoms with E-state index in [9.17, 15) is 0 Å². The Balaban J connectivity index is 1.80. The summed E-state index contributed by atoms with van der Waals surface area (Å²) in [5.74, 6) is 1.94. The van der Waals surface area contributed by atoms with Crippen molar-refractivity contribution in [1.29, 1.82) is 0 Å². The molecule has 1 saturated carbocycles. The van der Waals surface area contributed by atoms with Crippen molar-refractivity contribution in [2.45, 2.75) is 46.5 Å². The Morgan fingerprint density at radius 2 is 1.79 bits per heavy atom. The Labute approximate surface area is 88.9 Å². The fraction of sp³-hybridized carbons (Fsp3) is 1.00. The summed E-state index contributed by atoms with van der Waals surface area (Å²) in [6, 6.07) is 0. The van der Waals surface area contributed by atoms with E-state index in [0.717, 1.165) is 17.3 Å². The second-order valence-electron chi connectivity index (χ2n) is 5.88. The molecule has 0 unspecified atom stereocenters. The predicted molar refractivity (Wildman–Crippen MR) is 61.3 cm³/mol. The molecule has 0 radical (unpaired) electrons. The zero-order valence-electron chi connectivity index (χ0n) is 10.1. The first-order chi connectivity index (χ1) is 6.65. The first-order valence-electron chi connectivity index (χ1n) is 6.37. The fourth-order valence-electron chi connectivity index (χ4n) is 3.36. The lowest BCUT2D eigenvalue weighted by Gasteiger charge is -2.54. The topological polar surface area (TPSA) is 3.24 Å². The highest BCUT2D eigenvalue weighted by Gasteiger charge is 2.44. The summed E-state index contributed by atoms with van der Waals surface area (Å²) >= 11 is 0. The lowest BCUT2D eigenvalue weighted by atomic mass is 9.64. The summed E-state index contributed by atoms with van der Waals surface area (Å²) in [5, 5.41) is 0. The van der Waals surface area contributed by atoms with Gasteiger partial charge in [0.1, 0.15) is 0 Å². The van der Waals surface area contributed by atoms with Crippen molar-refractivity contribution >= 4 is 0 Å². The van der Waals surface area contributed by atoms with Gasteiger partial charge in [0.2, 0.25) is 0 Å². The average Bonchev–Trinajstić information content (AvgIpc) is 2.14. The van der Waals surface area contributed by atoms with Crippen LogP contribution in [0.25, 0.3) is 0 Å². The van der Waals surface area contributed by atoms with Crippen LogP contribution in [0.5, 0.6) is 0 Å². The maximum atomic E-state index is 2.59. The van der Waals surface area contributed by atoms with E-state index in [1.165, 1.54) is 45.3 Å². The minimum absolute atomic E-state index is 0.765. The van der Waals surface area contributed by atoms with Crippen molar-refractivity contribution in [1.82, 2.24) is 4.90 Å². The molecule has 0 aromatic carbocycles. The molecule has 1 spiro atoms. The van der Waals surface area contributed by atoms with Crippen LogP contribution >= 0.6 is 0 Å². The molecule has 0 aromatic heterocycles. The molecule has 0 N–H and O–H groups in total.